The number of anilines is 2. The fourth-order valence-corrected chi connectivity index (χ4v) is 7.67. The third kappa shape index (κ3) is 6.66. The highest BCUT2D eigenvalue weighted by Gasteiger charge is 2.46. The molecule has 0 bridgehead atoms. The molecular formula is C38H48N6O3. The molecule has 3 aliphatic heterocycles. The average Bonchev–Trinajstić information content (AvgIpc) is 3.55. The van der Waals surface area contributed by atoms with Crippen LogP contribution < -0.4 is 15.2 Å². The highest BCUT2D eigenvalue weighted by atomic mass is 16.8. The maximum Gasteiger partial charge on any atom is 0.193 e. The van der Waals surface area contributed by atoms with E-state index in [4.69, 9.17) is 9.47 Å². The molecule has 3 atom stereocenters. The summed E-state index contributed by atoms with van der Waals surface area (Å²) in [6.45, 7) is 17.2. The molecule has 6 heterocycles. The van der Waals surface area contributed by atoms with E-state index in [9.17, 15) is 4.79 Å². The Kier molecular flexibility index (Phi) is 8.57. The van der Waals surface area contributed by atoms with Crippen LogP contribution in [0.2, 0.25) is 0 Å². The van der Waals surface area contributed by atoms with Gasteiger partial charge in [0.05, 0.1) is 17.4 Å². The molecule has 3 saturated heterocycles. The fourth-order valence-electron chi connectivity index (χ4n) is 7.67. The summed E-state index contributed by atoms with van der Waals surface area (Å²) in [5.41, 5.74) is 7.42. The number of piperidine rings is 1. The number of fused-ring (bicyclic) bond motifs is 2. The monoisotopic (exact) mass is 636 g/mol. The lowest BCUT2D eigenvalue weighted by atomic mass is 10.0. The predicted molar refractivity (Wildman–Crippen MR) is 187 cm³/mol. The molecule has 7 rings (SSSR count). The number of hydrogen-bond donors (Lipinski definition) is 0. The van der Waals surface area contributed by atoms with Crippen LogP contribution in [0.15, 0.2) is 65.8 Å². The first-order chi connectivity index (χ1) is 22.5. The van der Waals surface area contributed by atoms with Crippen molar-refractivity contribution in [3.05, 3.63) is 93.8 Å². The van der Waals surface area contributed by atoms with E-state index in [0.717, 1.165) is 84.8 Å². The topological polar surface area (TPSA) is 76.0 Å². The Labute approximate surface area is 278 Å². The van der Waals surface area contributed by atoms with E-state index in [1.54, 1.807) is 0 Å². The number of aryl methyl sites for hydroxylation is 2. The molecule has 47 heavy (non-hydrogen) atoms. The maximum absolute atomic E-state index is 14.3. The Morgan fingerprint density at radius 1 is 0.915 bits per heavy atom. The quantitative estimate of drug-likeness (QED) is 0.233. The Morgan fingerprint density at radius 2 is 1.68 bits per heavy atom. The van der Waals surface area contributed by atoms with E-state index in [1.165, 1.54) is 5.56 Å². The van der Waals surface area contributed by atoms with Gasteiger partial charge in [-0.15, -0.1) is 0 Å². The molecule has 4 aromatic rings. The van der Waals surface area contributed by atoms with Crippen molar-refractivity contribution in [1.82, 2.24) is 19.4 Å². The third-order valence-electron chi connectivity index (χ3n) is 9.99. The summed E-state index contributed by atoms with van der Waals surface area (Å²) in [5.74, 6) is -0.531. The summed E-state index contributed by atoms with van der Waals surface area (Å²) in [6.07, 6.45) is 8.28. The lowest BCUT2D eigenvalue weighted by molar-refractivity contribution is -0.147. The summed E-state index contributed by atoms with van der Waals surface area (Å²) >= 11 is 0. The SMILES string of the molecule is Cc1ccc(N2CCC[C@H](N(Cc3ccnc(C)c3)Cc3cn(C(C)C)c4cc(N5C[C@@H]6OC(C)(C)O[C@@H]6C5)ccc4c3=O)C2)cn1. The van der Waals surface area contributed by atoms with Crippen molar-refractivity contribution in [2.45, 2.75) is 97.6 Å². The molecule has 0 spiro atoms. The van der Waals surface area contributed by atoms with Gasteiger partial charge in [-0.3, -0.25) is 19.7 Å². The van der Waals surface area contributed by atoms with Gasteiger partial charge in [-0.2, -0.15) is 0 Å². The van der Waals surface area contributed by atoms with Gasteiger partial charge in [0.1, 0.15) is 12.2 Å². The van der Waals surface area contributed by atoms with Crippen LogP contribution in [0.3, 0.4) is 0 Å². The number of ether oxygens (including phenoxy) is 2. The first kappa shape index (κ1) is 31.8. The van der Waals surface area contributed by atoms with Crippen molar-refractivity contribution < 1.29 is 9.47 Å². The van der Waals surface area contributed by atoms with E-state index < -0.39 is 5.79 Å². The van der Waals surface area contributed by atoms with Crippen LogP contribution in [-0.2, 0) is 22.6 Å². The largest absolute Gasteiger partial charge is 0.369 e. The number of hydrogen-bond acceptors (Lipinski definition) is 8. The van der Waals surface area contributed by atoms with Crippen molar-refractivity contribution in [3.63, 3.8) is 0 Å². The Hall–Kier alpha value is -3.79. The molecule has 3 fully saturated rings. The van der Waals surface area contributed by atoms with E-state index in [1.807, 2.05) is 46.2 Å². The van der Waals surface area contributed by atoms with Gasteiger partial charge >= 0.3 is 0 Å². The van der Waals surface area contributed by atoms with Gasteiger partial charge in [0, 0.05) is 91.8 Å². The van der Waals surface area contributed by atoms with Crippen LogP contribution >= 0.6 is 0 Å². The Morgan fingerprint density at radius 3 is 2.38 bits per heavy atom. The van der Waals surface area contributed by atoms with Crippen LogP contribution in [0.1, 0.15) is 69.1 Å². The Bertz CT molecular complexity index is 1790. The van der Waals surface area contributed by atoms with Gasteiger partial charge in [-0.1, -0.05) is 0 Å². The molecule has 0 radical (unpaired) electrons. The molecule has 0 unspecified atom stereocenters. The fraction of sp³-hybridized carbons (Fsp3) is 0.500. The molecule has 0 amide bonds. The van der Waals surface area contributed by atoms with E-state index >= 15 is 0 Å². The molecule has 9 heteroatoms. The van der Waals surface area contributed by atoms with Gasteiger partial charge in [0.15, 0.2) is 11.2 Å². The highest BCUT2D eigenvalue weighted by molar-refractivity contribution is 5.83. The normalized spacial score (nSPS) is 22.5. The van der Waals surface area contributed by atoms with Crippen LogP contribution in [0.4, 0.5) is 11.4 Å². The third-order valence-corrected chi connectivity index (χ3v) is 9.99. The molecule has 9 nitrogen and oxygen atoms in total. The molecule has 0 aliphatic carbocycles. The molecular weight excluding hydrogens is 588 g/mol. The molecule has 0 saturated carbocycles. The van der Waals surface area contributed by atoms with Gasteiger partial charge < -0.3 is 23.8 Å². The summed E-state index contributed by atoms with van der Waals surface area (Å²) < 4.78 is 14.6. The van der Waals surface area contributed by atoms with Crippen LogP contribution in [0.5, 0.6) is 0 Å². The van der Waals surface area contributed by atoms with Crippen molar-refractivity contribution in [3.8, 4) is 0 Å². The lowest BCUT2D eigenvalue weighted by Gasteiger charge is -2.40. The van der Waals surface area contributed by atoms with E-state index in [2.05, 4.69) is 85.7 Å². The second kappa shape index (κ2) is 12.7. The standard InChI is InChI=1S/C38H48N6O3/c1-25(2)44-21-29(37(45)33-12-11-30(17-34(33)44)43-23-35-36(24-43)47-38(5,6)46-35)20-42(19-28-13-14-39-27(4)16-28)32-8-7-15-41(22-32)31-10-9-26(3)40-18-31/h9-14,16-18,21,25,32,35-36H,7-8,15,19-20,22-24H2,1-6H3/t32-,35-,36+/m0/s1. The van der Waals surface area contributed by atoms with E-state index in [0.29, 0.717) is 6.54 Å². The number of pyridine rings is 3. The molecule has 3 aromatic heterocycles. The van der Waals surface area contributed by atoms with Gasteiger partial charge in [0.2, 0.25) is 0 Å². The lowest BCUT2D eigenvalue weighted by Crippen LogP contribution is -2.48. The second-order valence-corrected chi connectivity index (χ2v) is 14.4. The molecule has 1 aromatic carbocycles. The maximum atomic E-state index is 14.3. The molecule has 248 valence electrons. The minimum Gasteiger partial charge on any atom is -0.369 e. The highest BCUT2D eigenvalue weighted by Crippen LogP contribution is 2.36. The smallest absolute Gasteiger partial charge is 0.193 e. The van der Waals surface area contributed by atoms with Crippen molar-refractivity contribution >= 4 is 22.3 Å². The van der Waals surface area contributed by atoms with Crippen molar-refractivity contribution in [2.24, 2.45) is 0 Å². The van der Waals surface area contributed by atoms with Crippen molar-refractivity contribution in [1.29, 1.82) is 0 Å². The zero-order chi connectivity index (χ0) is 32.9. The summed E-state index contributed by atoms with van der Waals surface area (Å²) in [5, 5.41) is 0.767. The zero-order valence-corrected chi connectivity index (χ0v) is 28.6. The number of nitrogens with zero attached hydrogens (tertiary/aromatic N) is 6. The van der Waals surface area contributed by atoms with Gasteiger partial charge in [-0.25, -0.2) is 0 Å². The van der Waals surface area contributed by atoms with Crippen LogP contribution in [-0.4, -0.2) is 69.7 Å². The van der Waals surface area contributed by atoms with Crippen LogP contribution in [0, 0.1) is 13.8 Å². The van der Waals surface area contributed by atoms with Crippen molar-refractivity contribution in [2.75, 3.05) is 36.0 Å². The average molecular weight is 637 g/mol. The summed E-state index contributed by atoms with van der Waals surface area (Å²) in [4.78, 5) is 30.6. The number of aromatic nitrogens is 3. The molecule has 0 N–H and O–H groups in total. The second-order valence-electron chi connectivity index (χ2n) is 14.4. The first-order valence-corrected chi connectivity index (χ1v) is 17.1. The summed E-state index contributed by atoms with van der Waals surface area (Å²) in [6, 6.07) is 15.3. The first-order valence-electron chi connectivity index (χ1n) is 17.1. The zero-order valence-electron chi connectivity index (χ0n) is 28.6. The van der Waals surface area contributed by atoms with Gasteiger partial charge in [-0.05, 0) is 102 Å². The van der Waals surface area contributed by atoms with E-state index in [-0.39, 0.29) is 29.7 Å². The van der Waals surface area contributed by atoms with Gasteiger partial charge in [0.25, 0.3) is 0 Å². The number of benzene rings is 1. The van der Waals surface area contributed by atoms with Crippen LogP contribution in [0.25, 0.3) is 10.9 Å². The summed E-state index contributed by atoms with van der Waals surface area (Å²) in [7, 11) is 0. The predicted octanol–water partition coefficient (Wildman–Crippen LogP) is 6.00. The number of rotatable bonds is 8. The minimum atomic E-state index is -0.531. The molecule has 3 aliphatic rings. The minimum absolute atomic E-state index is 0.0588. The Balaban J connectivity index is 1.20.